The van der Waals surface area contributed by atoms with Gasteiger partial charge in [-0.2, -0.15) is 0 Å². The Balaban J connectivity index is 1.85. The predicted molar refractivity (Wildman–Crippen MR) is 81.8 cm³/mol. The summed E-state index contributed by atoms with van der Waals surface area (Å²) in [5.74, 6) is -0.464. The fraction of sp³-hybridized carbons (Fsp3) is 0.438. The van der Waals surface area contributed by atoms with E-state index < -0.39 is 0 Å². The minimum atomic E-state index is -0.383. The van der Waals surface area contributed by atoms with E-state index in [1.165, 1.54) is 43.4 Å². The topological polar surface area (TPSA) is 70.6 Å². The first-order valence-electron chi connectivity index (χ1n) is 7.35. The Morgan fingerprint density at radius 3 is 2.90 bits per heavy atom. The van der Waals surface area contributed by atoms with Crippen LogP contribution in [0.3, 0.4) is 0 Å². The van der Waals surface area contributed by atoms with Crippen LogP contribution in [0.25, 0.3) is 0 Å². The van der Waals surface area contributed by atoms with Crippen molar-refractivity contribution in [2.75, 3.05) is 6.54 Å². The summed E-state index contributed by atoms with van der Waals surface area (Å²) in [6, 6.07) is 4.44. The lowest BCUT2D eigenvalue weighted by molar-refractivity contribution is 0.318. The molecular formula is C16H22FN3O. The van der Waals surface area contributed by atoms with Gasteiger partial charge in [-0.05, 0) is 62.4 Å². The highest BCUT2D eigenvalue weighted by Crippen LogP contribution is 2.19. The number of nitrogens with two attached hydrogens (primary N) is 1. The molecular weight excluding hydrogens is 269 g/mol. The molecule has 4 nitrogen and oxygen atoms in total. The van der Waals surface area contributed by atoms with Gasteiger partial charge in [-0.25, -0.2) is 4.39 Å². The van der Waals surface area contributed by atoms with Crippen LogP contribution >= 0.6 is 0 Å². The standard InChI is InChI=1S/C16H22FN3O/c17-15-9-13(8-14(10-15)16(18)20-21)11-19-7-6-12-4-2-1-3-5-12/h4,8-10,19,21H,1-3,5-7,11H2,(H2,18,20). The molecule has 4 N–H and O–H groups in total. The predicted octanol–water partition coefficient (Wildman–Crippen LogP) is 2.90. The van der Waals surface area contributed by atoms with E-state index in [1.807, 2.05) is 0 Å². The van der Waals surface area contributed by atoms with E-state index in [-0.39, 0.29) is 11.7 Å². The molecule has 1 aliphatic carbocycles. The first-order valence-corrected chi connectivity index (χ1v) is 7.35. The highest BCUT2D eigenvalue weighted by atomic mass is 19.1. The third-order valence-corrected chi connectivity index (χ3v) is 3.70. The van der Waals surface area contributed by atoms with Crippen molar-refractivity contribution in [1.82, 2.24) is 5.32 Å². The van der Waals surface area contributed by atoms with Gasteiger partial charge >= 0.3 is 0 Å². The zero-order valence-corrected chi connectivity index (χ0v) is 12.1. The molecule has 0 unspecified atom stereocenters. The molecule has 1 aromatic rings. The van der Waals surface area contributed by atoms with Crippen LogP contribution in [0.4, 0.5) is 4.39 Å². The quantitative estimate of drug-likeness (QED) is 0.188. The summed E-state index contributed by atoms with van der Waals surface area (Å²) in [6.45, 7) is 1.44. The zero-order chi connectivity index (χ0) is 15.1. The number of nitrogens with one attached hydrogen (secondary N) is 1. The van der Waals surface area contributed by atoms with Gasteiger partial charge in [0.15, 0.2) is 5.84 Å². The second-order valence-corrected chi connectivity index (χ2v) is 5.37. The lowest BCUT2D eigenvalue weighted by Gasteiger charge is -2.13. The van der Waals surface area contributed by atoms with E-state index in [1.54, 1.807) is 6.07 Å². The molecule has 0 amide bonds. The number of halogens is 1. The fourth-order valence-corrected chi connectivity index (χ4v) is 2.57. The maximum absolute atomic E-state index is 13.5. The first-order chi connectivity index (χ1) is 10.2. The Labute approximate surface area is 124 Å². The number of benzene rings is 1. The normalized spacial score (nSPS) is 15.9. The van der Waals surface area contributed by atoms with E-state index >= 15 is 0 Å². The number of allylic oxidation sites excluding steroid dienone is 1. The summed E-state index contributed by atoms with van der Waals surface area (Å²) >= 11 is 0. The molecule has 0 aliphatic heterocycles. The number of nitrogens with zero attached hydrogens (tertiary/aromatic N) is 1. The van der Waals surface area contributed by atoms with Crippen molar-refractivity contribution in [2.45, 2.75) is 38.6 Å². The van der Waals surface area contributed by atoms with Crippen molar-refractivity contribution < 1.29 is 9.60 Å². The maximum atomic E-state index is 13.5. The van der Waals surface area contributed by atoms with Crippen molar-refractivity contribution in [3.05, 3.63) is 46.8 Å². The van der Waals surface area contributed by atoms with Gasteiger partial charge in [-0.3, -0.25) is 0 Å². The molecule has 0 aromatic heterocycles. The number of rotatable bonds is 6. The highest BCUT2D eigenvalue weighted by molar-refractivity contribution is 5.97. The van der Waals surface area contributed by atoms with E-state index in [0.717, 1.165) is 18.5 Å². The minimum Gasteiger partial charge on any atom is -0.409 e. The van der Waals surface area contributed by atoms with Gasteiger partial charge < -0.3 is 16.3 Å². The lowest BCUT2D eigenvalue weighted by Crippen LogP contribution is -2.18. The lowest BCUT2D eigenvalue weighted by atomic mass is 9.97. The Kier molecular flexibility index (Phi) is 5.75. The van der Waals surface area contributed by atoms with E-state index in [9.17, 15) is 4.39 Å². The van der Waals surface area contributed by atoms with Gasteiger partial charge in [0.1, 0.15) is 5.82 Å². The summed E-state index contributed by atoms with van der Waals surface area (Å²) in [5, 5.41) is 14.9. The molecule has 0 fully saturated rings. The summed E-state index contributed by atoms with van der Waals surface area (Å²) in [4.78, 5) is 0. The number of oxime groups is 1. The van der Waals surface area contributed by atoms with Crippen molar-refractivity contribution >= 4 is 5.84 Å². The van der Waals surface area contributed by atoms with Crippen LogP contribution in [-0.2, 0) is 6.54 Å². The van der Waals surface area contributed by atoms with Crippen LogP contribution in [0.5, 0.6) is 0 Å². The largest absolute Gasteiger partial charge is 0.409 e. The second kappa shape index (κ2) is 7.78. The Morgan fingerprint density at radius 2 is 2.19 bits per heavy atom. The fourth-order valence-electron chi connectivity index (χ4n) is 2.57. The van der Waals surface area contributed by atoms with Crippen LogP contribution in [0.2, 0.25) is 0 Å². The van der Waals surface area contributed by atoms with E-state index in [0.29, 0.717) is 12.1 Å². The third kappa shape index (κ3) is 4.86. The number of hydrogen-bond acceptors (Lipinski definition) is 3. The molecule has 1 aromatic carbocycles. The molecule has 0 saturated carbocycles. The van der Waals surface area contributed by atoms with Gasteiger partial charge in [0, 0.05) is 12.1 Å². The molecule has 5 heteroatoms. The first kappa shape index (κ1) is 15.5. The summed E-state index contributed by atoms with van der Waals surface area (Å²) in [6.07, 6.45) is 8.37. The maximum Gasteiger partial charge on any atom is 0.170 e. The molecule has 0 saturated heterocycles. The average molecular weight is 291 g/mol. The third-order valence-electron chi connectivity index (χ3n) is 3.70. The van der Waals surface area contributed by atoms with Crippen molar-refractivity contribution in [1.29, 1.82) is 0 Å². The Bertz CT molecular complexity index is 540. The second-order valence-electron chi connectivity index (χ2n) is 5.37. The molecule has 0 radical (unpaired) electrons. The average Bonchev–Trinajstić information content (AvgIpc) is 2.51. The van der Waals surface area contributed by atoms with Crippen LogP contribution in [0.1, 0.15) is 43.2 Å². The molecule has 0 bridgehead atoms. The Morgan fingerprint density at radius 1 is 1.33 bits per heavy atom. The SMILES string of the molecule is N/C(=N/O)c1cc(F)cc(CNCCC2=CCCCC2)c1. The summed E-state index contributed by atoms with van der Waals surface area (Å²) in [5.41, 5.74) is 8.19. The smallest absolute Gasteiger partial charge is 0.170 e. The number of amidine groups is 1. The molecule has 21 heavy (non-hydrogen) atoms. The van der Waals surface area contributed by atoms with Gasteiger partial charge in [-0.1, -0.05) is 16.8 Å². The van der Waals surface area contributed by atoms with Crippen LogP contribution in [0, 0.1) is 5.82 Å². The monoisotopic (exact) mass is 291 g/mol. The molecule has 0 spiro atoms. The van der Waals surface area contributed by atoms with Gasteiger partial charge in [0.05, 0.1) is 0 Å². The van der Waals surface area contributed by atoms with Gasteiger partial charge in [0.25, 0.3) is 0 Å². The van der Waals surface area contributed by atoms with Crippen LogP contribution in [0.15, 0.2) is 35.0 Å². The van der Waals surface area contributed by atoms with Crippen molar-refractivity contribution in [2.24, 2.45) is 10.9 Å². The molecule has 1 aliphatic rings. The molecule has 0 atom stereocenters. The summed E-state index contributed by atoms with van der Waals surface area (Å²) in [7, 11) is 0. The van der Waals surface area contributed by atoms with Crippen molar-refractivity contribution in [3.8, 4) is 0 Å². The van der Waals surface area contributed by atoms with E-state index in [2.05, 4.69) is 16.5 Å². The van der Waals surface area contributed by atoms with Gasteiger partial charge in [-0.15, -0.1) is 0 Å². The molecule has 0 heterocycles. The molecule has 114 valence electrons. The van der Waals surface area contributed by atoms with Crippen LogP contribution in [-0.4, -0.2) is 17.6 Å². The summed E-state index contributed by atoms with van der Waals surface area (Å²) < 4.78 is 13.5. The number of hydrogen-bond donors (Lipinski definition) is 3. The van der Waals surface area contributed by atoms with Gasteiger partial charge in [0.2, 0.25) is 0 Å². The molecule has 2 rings (SSSR count). The Hall–Kier alpha value is -1.88. The van der Waals surface area contributed by atoms with E-state index in [4.69, 9.17) is 10.9 Å². The zero-order valence-electron chi connectivity index (χ0n) is 12.1. The van der Waals surface area contributed by atoms with Crippen LogP contribution < -0.4 is 11.1 Å². The highest BCUT2D eigenvalue weighted by Gasteiger charge is 2.06. The minimum absolute atomic E-state index is 0.0805. The van der Waals surface area contributed by atoms with Crippen molar-refractivity contribution in [3.63, 3.8) is 0 Å².